The van der Waals surface area contributed by atoms with Crippen LogP contribution in [0.1, 0.15) is 17.2 Å². The second-order valence-corrected chi connectivity index (χ2v) is 2.95. The van der Waals surface area contributed by atoms with Crippen LogP contribution in [0.4, 0.5) is 0 Å². The highest BCUT2D eigenvalue weighted by atomic mass is 16.3. The average molecular weight is 193 g/mol. The molecule has 0 heterocycles. The SMILES string of the molecule is Cc1ccc(C(CO)N=[N+]=[N-])cc1O. The van der Waals surface area contributed by atoms with E-state index in [1.54, 1.807) is 19.1 Å². The van der Waals surface area contributed by atoms with Crippen molar-refractivity contribution in [2.75, 3.05) is 6.61 Å². The van der Waals surface area contributed by atoms with Gasteiger partial charge in [-0.3, -0.25) is 0 Å². The van der Waals surface area contributed by atoms with Gasteiger partial charge in [0.15, 0.2) is 0 Å². The molecule has 0 bridgehead atoms. The summed E-state index contributed by atoms with van der Waals surface area (Å²) in [6.07, 6.45) is 0. The van der Waals surface area contributed by atoms with Gasteiger partial charge in [0.05, 0.1) is 12.6 Å². The van der Waals surface area contributed by atoms with E-state index in [1.165, 1.54) is 6.07 Å². The predicted molar refractivity (Wildman–Crippen MR) is 51.8 cm³/mol. The van der Waals surface area contributed by atoms with Crippen molar-refractivity contribution in [3.8, 4) is 5.75 Å². The van der Waals surface area contributed by atoms with Gasteiger partial charge in [-0.2, -0.15) is 0 Å². The molecule has 1 atom stereocenters. The summed E-state index contributed by atoms with van der Waals surface area (Å²) in [4.78, 5) is 2.62. The fraction of sp³-hybridized carbons (Fsp3) is 0.333. The third-order valence-corrected chi connectivity index (χ3v) is 1.98. The average Bonchev–Trinajstić information content (AvgIpc) is 2.19. The van der Waals surface area contributed by atoms with Gasteiger partial charge in [0.25, 0.3) is 0 Å². The van der Waals surface area contributed by atoms with Crippen molar-refractivity contribution >= 4 is 0 Å². The molecule has 0 radical (unpaired) electrons. The first-order valence-electron chi connectivity index (χ1n) is 4.13. The second kappa shape index (κ2) is 4.50. The Hall–Kier alpha value is -1.71. The van der Waals surface area contributed by atoms with Crippen molar-refractivity contribution in [3.63, 3.8) is 0 Å². The molecular formula is C9H11N3O2. The van der Waals surface area contributed by atoms with Crippen LogP contribution < -0.4 is 0 Å². The highest BCUT2D eigenvalue weighted by Gasteiger charge is 2.09. The van der Waals surface area contributed by atoms with Gasteiger partial charge in [0, 0.05) is 4.91 Å². The van der Waals surface area contributed by atoms with Crippen LogP contribution in [0.15, 0.2) is 23.3 Å². The molecule has 0 saturated heterocycles. The van der Waals surface area contributed by atoms with Crippen molar-refractivity contribution in [2.45, 2.75) is 13.0 Å². The number of aromatic hydroxyl groups is 1. The van der Waals surface area contributed by atoms with Crippen molar-refractivity contribution in [2.24, 2.45) is 5.11 Å². The Morgan fingerprint density at radius 1 is 1.57 bits per heavy atom. The topological polar surface area (TPSA) is 89.2 Å². The summed E-state index contributed by atoms with van der Waals surface area (Å²) < 4.78 is 0. The van der Waals surface area contributed by atoms with Crippen LogP contribution in [0.3, 0.4) is 0 Å². The number of phenolic OH excluding ortho intramolecular Hbond substituents is 1. The van der Waals surface area contributed by atoms with E-state index < -0.39 is 6.04 Å². The second-order valence-electron chi connectivity index (χ2n) is 2.95. The Morgan fingerprint density at radius 2 is 2.29 bits per heavy atom. The fourth-order valence-electron chi connectivity index (χ4n) is 1.10. The smallest absolute Gasteiger partial charge is 0.118 e. The molecular weight excluding hydrogens is 182 g/mol. The van der Waals surface area contributed by atoms with Gasteiger partial charge in [-0.05, 0) is 29.6 Å². The van der Waals surface area contributed by atoms with Crippen molar-refractivity contribution < 1.29 is 10.2 Å². The molecule has 1 aromatic carbocycles. The number of hydrogen-bond acceptors (Lipinski definition) is 3. The molecule has 0 aliphatic heterocycles. The van der Waals surface area contributed by atoms with Gasteiger partial charge in [-0.1, -0.05) is 17.2 Å². The van der Waals surface area contributed by atoms with Gasteiger partial charge in [0.1, 0.15) is 5.75 Å². The normalized spacial score (nSPS) is 11.9. The maximum absolute atomic E-state index is 9.40. The summed E-state index contributed by atoms with van der Waals surface area (Å²) in [6.45, 7) is 1.49. The van der Waals surface area contributed by atoms with E-state index >= 15 is 0 Å². The zero-order valence-corrected chi connectivity index (χ0v) is 7.75. The van der Waals surface area contributed by atoms with E-state index in [2.05, 4.69) is 10.0 Å². The van der Waals surface area contributed by atoms with E-state index in [4.69, 9.17) is 10.6 Å². The Morgan fingerprint density at radius 3 is 2.79 bits per heavy atom. The molecule has 0 saturated carbocycles. The predicted octanol–water partition coefficient (Wildman–Crippen LogP) is 2.04. The highest BCUT2D eigenvalue weighted by molar-refractivity contribution is 5.36. The largest absolute Gasteiger partial charge is 0.508 e. The summed E-state index contributed by atoms with van der Waals surface area (Å²) in [5.41, 5.74) is 9.58. The van der Waals surface area contributed by atoms with Crippen molar-refractivity contribution in [3.05, 3.63) is 39.8 Å². The van der Waals surface area contributed by atoms with Gasteiger partial charge >= 0.3 is 0 Å². The summed E-state index contributed by atoms with van der Waals surface area (Å²) in [5.74, 6) is 0.133. The first-order valence-corrected chi connectivity index (χ1v) is 4.13. The summed E-state index contributed by atoms with van der Waals surface area (Å²) in [7, 11) is 0. The number of hydrogen-bond donors (Lipinski definition) is 2. The minimum Gasteiger partial charge on any atom is -0.508 e. The monoisotopic (exact) mass is 193 g/mol. The molecule has 74 valence electrons. The number of aryl methyl sites for hydroxylation is 1. The molecule has 1 rings (SSSR count). The maximum Gasteiger partial charge on any atom is 0.118 e. The number of aliphatic hydroxyl groups is 1. The lowest BCUT2D eigenvalue weighted by Crippen LogP contribution is -1.99. The first-order chi connectivity index (χ1) is 6.69. The van der Waals surface area contributed by atoms with Crippen LogP contribution in [0.25, 0.3) is 10.4 Å². The van der Waals surface area contributed by atoms with E-state index in [0.717, 1.165) is 5.56 Å². The zero-order valence-electron chi connectivity index (χ0n) is 7.75. The van der Waals surface area contributed by atoms with Crippen LogP contribution in [-0.2, 0) is 0 Å². The van der Waals surface area contributed by atoms with Gasteiger partial charge in [0.2, 0.25) is 0 Å². The Bertz CT molecular complexity index is 372. The van der Waals surface area contributed by atoms with E-state index in [-0.39, 0.29) is 12.4 Å². The van der Waals surface area contributed by atoms with E-state index in [0.29, 0.717) is 5.56 Å². The van der Waals surface area contributed by atoms with Crippen LogP contribution in [-0.4, -0.2) is 16.8 Å². The standard InChI is InChI=1S/C9H11N3O2/c1-6-2-3-7(4-9(6)14)8(5-13)11-12-10/h2-4,8,13-14H,5H2,1H3. The molecule has 1 unspecified atom stereocenters. The third kappa shape index (κ3) is 2.16. The molecule has 0 aromatic heterocycles. The molecule has 0 aliphatic carbocycles. The third-order valence-electron chi connectivity index (χ3n) is 1.98. The van der Waals surface area contributed by atoms with Crippen LogP contribution in [0.2, 0.25) is 0 Å². The number of benzene rings is 1. The number of aliphatic hydroxyl groups excluding tert-OH is 1. The lowest BCUT2D eigenvalue weighted by Gasteiger charge is -2.09. The van der Waals surface area contributed by atoms with E-state index in [1.807, 2.05) is 0 Å². The fourth-order valence-corrected chi connectivity index (χ4v) is 1.10. The molecule has 1 aromatic rings. The summed E-state index contributed by atoms with van der Waals surface area (Å²) in [6, 6.07) is 4.28. The molecule has 0 spiro atoms. The van der Waals surface area contributed by atoms with Gasteiger partial charge in [-0.25, -0.2) is 0 Å². The maximum atomic E-state index is 9.40. The Balaban J connectivity index is 3.05. The summed E-state index contributed by atoms with van der Waals surface area (Å²) in [5, 5.41) is 21.7. The van der Waals surface area contributed by atoms with Crippen molar-refractivity contribution in [1.29, 1.82) is 0 Å². The number of rotatable bonds is 3. The molecule has 5 nitrogen and oxygen atoms in total. The number of azide groups is 1. The molecule has 0 aliphatic rings. The molecule has 14 heavy (non-hydrogen) atoms. The number of nitrogens with zero attached hydrogens (tertiary/aromatic N) is 3. The first kappa shape index (κ1) is 10.4. The molecule has 2 N–H and O–H groups in total. The lowest BCUT2D eigenvalue weighted by atomic mass is 10.1. The zero-order chi connectivity index (χ0) is 10.6. The lowest BCUT2D eigenvalue weighted by molar-refractivity contribution is 0.267. The highest BCUT2D eigenvalue weighted by Crippen LogP contribution is 2.24. The van der Waals surface area contributed by atoms with Crippen LogP contribution >= 0.6 is 0 Å². The molecule has 5 heteroatoms. The van der Waals surface area contributed by atoms with Crippen LogP contribution in [0, 0.1) is 6.92 Å². The summed E-state index contributed by atoms with van der Waals surface area (Å²) >= 11 is 0. The van der Waals surface area contributed by atoms with E-state index in [9.17, 15) is 5.11 Å². The quantitative estimate of drug-likeness (QED) is 0.437. The molecule has 0 fully saturated rings. The minimum atomic E-state index is -0.633. The Kier molecular flexibility index (Phi) is 3.34. The number of phenols is 1. The van der Waals surface area contributed by atoms with Gasteiger partial charge < -0.3 is 10.2 Å². The minimum absolute atomic E-state index is 0.133. The van der Waals surface area contributed by atoms with Gasteiger partial charge in [-0.15, -0.1) is 0 Å². The van der Waals surface area contributed by atoms with Crippen LogP contribution in [0.5, 0.6) is 5.75 Å². The molecule has 0 amide bonds. The van der Waals surface area contributed by atoms with Crippen molar-refractivity contribution in [1.82, 2.24) is 0 Å². The Labute approximate surface area is 81.2 Å².